The second kappa shape index (κ2) is 6.41. The van der Waals surface area contributed by atoms with Gasteiger partial charge in [0.05, 0.1) is 7.11 Å². The second-order valence-electron chi connectivity index (χ2n) is 2.17. The second-order valence-corrected chi connectivity index (χ2v) is 3.14. The Morgan fingerprint density at radius 2 is 2.00 bits per heavy atom. The molecular weight excluding hydrogens is 212 g/mol. The summed E-state index contributed by atoms with van der Waals surface area (Å²) in [4.78, 5) is 29.5. The van der Waals surface area contributed by atoms with Gasteiger partial charge >= 0.3 is 11.9 Å². The number of carbonyl (C=O) groups is 2. The van der Waals surface area contributed by atoms with Gasteiger partial charge in [-0.1, -0.05) is 6.58 Å². The molecule has 0 amide bonds. The first kappa shape index (κ1) is 12.9. The Morgan fingerprint density at radius 3 is 2.43 bits per heavy atom. The first-order valence-corrected chi connectivity index (χ1v) is 4.25. The molecule has 0 rings (SSSR count). The van der Waals surface area contributed by atoms with Crippen molar-refractivity contribution in [3.8, 4) is 0 Å². The Morgan fingerprint density at radius 1 is 1.43 bits per heavy atom. The molecule has 1 N–H and O–H groups in total. The maximum Gasteiger partial charge on any atom is 0.396 e. The molecule has 0 heterocycles. The van der Waals surface area contributed by atoms with Crippen molar-refractivity contribution in [2.24, 2.45) is 0 Å². The zero-order valence-corrected chi connectivity index (χ0v) is 8.50. The van der Waals surface area contributed by atoms with Gasteiger partial charge in [-0.05, 0) is 6.92 Å². The third-order valence-corrected chi connectivity index (χ3v) is 1.50. The number of aliphatic hydroxyl groups excluding tert-OH is 1. The molecule has 1 atom stereocenters. The lowest BCUT2D eigenvalue weighted by molar-refractivity contribution is -0.258. The molecule has 0 fully saturated rings. The van der Waals surface area contributed by atoms with Crippen LogP contribution in [0.5, 0.6) is 0 Å². The van der Waals surface area contributed by atoms with Crippen molar-refractivity contribution in [2.45, 2.75) is 12.4 Å². The molecule has 1 unspecified atom stereocenters. The van der Waals surface area contributed by atoms with Gasteiger partial charge in [-0.3, -0.25) is 0 Å². The van der Waals surface area contributed by atoms with E-state index in [0.29, 0.717) is 12.0 Å². The van der Waals surface area contributed by atoms with Gasteiger partial charge in [0.15, 0.2) is 0 Å². The Bertz CT molecular complexity index is 238. The third-order valence-electron chi connectivity index (χ3n) is 0.937. The SMILES string of the molecule is C=C(C)C(=O)OOC(=O)C(O)SOC. The van der Waals surface area contributed by atoms with E-state index in [-0.39, 0.29) is 5.57 Å². The van der Waals surface area contributed by atoms with Crippen molar-refractivity contribution < 1.29 is 28.7 Å². The van der Waals surface area contributed by atoms with E-state index in [2.05, 4.69) is 20.5 Å². The number of carbonyl (C=O) groups excluding carboxylic acids is 2. The van der Waals surface area contributed by atoms with Crippen molar-refractivity contribution in [1.29, 1.82) is 0 Å². The normalized spacial score (nSPS) is 11.6. The fourth-order valence-electron chi connectivity index (χ4n) is 0.322. The molecule has 0 aliphatic carbocycles. The summed E-state index contributed by atoms with van der Waals surface area (Å²) in [6, 6.07) is 0. The van der Waals surface area contributed by atoms with E-state index in [4.69, 9.17) is 5.11 Å². The van der Waals surface area contributed by atoms with Gasteiger partial charge in [0.1, 0.15) is 0 Å². The largest absolute Gasteiger partial charge is 0.396 e. The summed E-state index contributed by atoms with van der Waals surface area (Å²) in [6.45, 7) is 4.64. The number of hydrogen-bond donors (Lipinski definition) is 1. The summed E-state index contributed by atoms with van der Waals surface area (Å²) in [7, 11) is 1.26. The zero-order valence-electron chi connectivity index (χ0n) is 7.68. The zero-order chi connectivity index (χ0) is 11.1. The molecule has 0 spiro atoms. The quantitative estimate of drug-likeness (QED) is 0.239. The number of rotatable bonds is 4. The van der Waals surface area contributed by atoms with Crippen LogP contribution in [0.1, 0.15) is 6.92 Å². The van der Waals surface area contributed by atoms with E-state index in [0.717, 1.165) is 0 Å². The molecule has 0 bridgehead atoms. The molecule has 14 heavy (non-hydrogen) atoms. The summed E-state index contributed by atoms with van der Waals surface area (Å²) in [5.74, 6) is -2.01. The topological polar surface area (TPSA) is 82.1 Å². The fraction of sp³-hybridized carbons (Fsp3) is 0.429. The molecule has 6 nitrogen and oxygen atoms in total. The lowest BCUT2D eigenvalue weighted by Gasteiger charge is -2.06. The molecule has 0 radical (unpaired) electrons. The lowest BCUT2D eigenvalue weighted by atomic mass is 10.4. The summed E-state index contributed by atoms with van der Waals surface area (Å²) in [5, 5.41) is 8.92. The predicted octanol–water partition coefficient (Wildman–Crippen LogP) is 0.177. The molecular formula is C7H10O6S. The van der Waals surface area contributed by atoms with Crippen LogP contribution in [-0.4, -0.2) is 29.6 Å². The molecule has 0 aromatic rings. The van der Waals surface area contributed by atoms with Crippen LogP contribution >= 0.6 is 12.0 Å². The highest BCUT2D eigenvalue weighted by molar-refractivity contribution is 7.95. The standard InChI is InChI=1S/C7H10O6S/c1-4(2)5(8)12-13-6(9)7(10)14-11-3/h7,10H,1H2,2-3H3. The molecule has 7 heteroatoms. The van der Waals surface area contributed by atoms with Crippen LogP contribution < -0.4 is 0 Å². The van der Waals surface area contributed by atoms with Crippen molar-refractivity contribution >= 4 is 24.0 Å². The third kappa shape index (κ3) is 4.85. The average Bonchev–Trinajstić information content (AvgIpc) is 2.13. The minimum Gasteiger partial charge on any atom is -0.370 e. The molecule has 0 saturated carbocycles. The first-order chi connectivity index (χ1) is 6.49. The van der Waals surface area contributed by atoms with Gasteiger partial charge in [0, 0.05) is 17.6 Å². The first-order valence-electron chi connectivity index (χ1n) is 3.44. The molecule has 0 aliphatic rings. The summed E-state index contributed by atoms with van der Waals surface area (Å²) in [5.41, 5.74) is -1.48. The van der Waals surface area contributed by atoms with Crippen molar-refractivity contribution in [3.63, 3.8) is 0 Å². The van der Waals surface area contributed by atoms with E-state index >= 15 is 0 Å². The van der Waals surface area contributed by atoms with E-state index in [1.165, 1.54) is 14.0 Å². The Kier molecular flexibility index (Phi) is 5.93. The van der Waals surface area contributed by atoms with E-state index in [1.807, 2.05) is 0 Å². The highest BCUT2D eigenvalue weighted by Crippen LogP contribution is 2.09. The lowest BCUT2D eigenvalue weighted by Crippen LogP contribution is -2.21. The fourth-order valence-corrected chi connectivity index (χ4v) is 0.622. The van der Waals surface area contributed by atoms with Gasteiger partial charge < -0.3 is 9.29 Å². The van der Waals surface area contributed by atoms with Gasteiger partial charge in [0.25, 0.3) is 0 Å². The molecule has 0 saturated heterocycles. The molecule has 80 valence electrons. The van der Waals surface area contributed by atoms with Gasteiger partial charge in [-0.15, -0.1) is 0 Å². The minimum absolute atomic E-state index is 0.0756. The van der Waals surface area contributed by atoms with E-state index in [1.54, 1.807) is 0 Å². The van der Waals surface area contributed by atoms with Crippen LogP contribution in [0.2, 0.25) is 0 Å². The van der Waals surface area contributed by atoms with Crippen molar-refractivity contribution in [1.82, 2.24) is 0 Å². The summed E-state index contributed by atoms with van der Waals surface area (Å²) >= 11 is 0.467. The van der Waals surface area contributed by atoms with Crippen LogP contribution in [-0.2, 0) is 23.5 Å². The Labute approximate surface area is 85.0 Å². The summed E-state index contributed by atoms with van der Waals surface area (Å²) < 4.78 is 4.39. The van der Waals surface area contributed by atoms with Crippen molar-refractivity contribution in [2.75, 3.05) is 7.11 Å². The smallest absolute Gasteiger partial charge is 0.370 e. The number of aliphatic hydroxyl groups is 1. The van der Waals surface area contributed by atoms with Gasteiger partial charge in [-0.25, -0.2) is 19.4 Å². The predicted molar refractivity (Wildman–Crippen MR) is 47.6 cm³/mol. The van der Waals surface area contributed by atoms with Crippen LogP contribution in [0.3, 0.4) is 0 Å². The number of hydrogen-bond acceptors (Lipinski definition) is 7. The van der Waals surface area contributed by atoms with Gasteiger partial charge in [-0.2, -0.15) is 0 Å². The Hall–Kier alpha value is -1.05. The highest BCUT2D eigenvalue weighted by atomic mass is 32.2. The monoisotopic (exact) mass is 222 g/mol. The Balaban J connectivity index is 3.84. The van der Waals surface area contributed by atoms with Crippen LogP contribution in [0.15, 0.2) is 12.2 Å². The molecule has 0 aromatic carbocycles. The van der Waals surface area contributed by atoms with Gasteiger partial charge in [0.2, 0.25) is 5.44 Å². The maximum absolute atomic E-state index is 10.8. The highest BCUT2D eigenvalue weighted by Gasteiger charge is 2.20. The molecule has 0 aliphatic heterocycles. The average molecular weight is 222 g/mol. The maximum atomic E-state index is 10.8. The van der Waals surface area contributed by atoms with Crippen LogP contribution in [0.25, 0.3) is 0 Å². The van der Waals surface area contributed by atoms with E-state index in [9.17, 15) is 9.59 Å². The van der Waals surface area contributed by atoms with Crippen LogP contribution in [0, 0.1) is 0 Å². The van der Waals surface area contributed by atoms with Crippen LogP contribution in [0.4, 0.5) is 0 Å². The van der Waals surface area contributed by atoms with E-state index < -0.39 is 17.4 Å². The minimum atomic E-state index is -1.56. The van der Waals surface area contributed by atoms with Crippen molar-refractivity contribution in [3.05, 3.63) is 12.2 Å². The molecule has 0 aromatic heterocycles. The summed E-state index contributed by atoms with van der Waals surface area (Å²) in [6.07, 6.45) is 0.